The van der Waals surface area contributed by atoms with Gasteiger partial charge in [-0.25, -0.2) is 0 Å². The Labute approximate surface area is 119 Å². The van der Waals surface area contributed by atoms with Gasteiger partial charge < -0.3 is 10.0 Å². The Bertz CT molecular complexity index is 522. The van der Waals surface area contributed by atoms with E-state index in [1.807, 2.05) is 32.0 Å². The first-order valence-corrected chi connectivity index (χ1v) is 7.13. The molecule has 0 saturated heterocycles. The van der Waals surface area contributed by atoms with E-state index in [0.717, 1.165) is 19.3 Å². The van der Waals surface area contributed by atoms with E-state index in [1.165, 1.54) is 22.4 Å². The van der Waals surface area contributed by atoms with Crippen LogP contribution in [0.3, 0.4) is 0 Å². The Morgan fingerprint density at radius 1 is 1.20 bits per heavy atom. The zero-order chi connectivity index (χ0) is 14.7. The zero-order valence-corrected chi connectivity index (χ0v) is 12.1. The topological polar surface area (TPSA) is 57.6 Å². The molecule has 1 N–H and O–H groups in total. The molecule has 4 heteroatoms. The Morgan fingerprint density at radius 3 is 2.45 bits per heavy atom. The van der Waals surface area contributed by atoms with Gasteiger partial charge in [-0.2, -0.15) is 0 Å². The van der Waals surface area contributed by atoms with Gasteiger partial charge in [-0.3, -0.25) is 9.59 Å². The van der Waals surface area contributed by atoms with Crippen LogP contribution >= 0.6 is 0 Å². The SMILES string of the molecule is CC(C)N(CC(=O)O)C(=O)c1ccc2c(c1)CCCC2. The van der Waals surface area contributed by atoms with Crippen LogP contribution in [0, 0.1) is 0 Å². The number of benzene rings is 1. The summed E-state index contributed by atoms with van der Waals surface area (Å²) in [5, 5.41) is 8.93. The lowest BCUT2D eigenvalue weighted by Gasteiger charge is -2.25. The normalized spacial score (nSPS) is 13.9. The Morgan fingerprint density at radius 2 is 1.85 bits per heavy atom. The predicted molar refractivity (Wildman–Crippen MR) is 76.9 cm³/mol. The minimum absolute atomic E-state index is 0.130. The molecule has 0 spiro atoms. The molecule has 0 atom stereocenters. The number of hydrogen-bond donors (Lipinski definition) is 1. The van der Waals surface area contributed by atoms with Crippen molar-refractivity contribution >= 4 is 11.9 Å². The van der Waals surface area contributed by atoms with Crippen LogP contribution in [0.4, 0.5) is 0 Å². The number of aryl methyl sites for hydroxylation is 2. The number of carboxylic acids is 1. The molecule has 0 saturated carbocycles. The molecule has 2 rings (SSSR count). The number of hydrogen-bond acceptors (Lipinski definition) is 2. The van der Waals surface area contributed by atoms with E-state index >= 15 is 0 Å². The Balaban J connectivity index is 2.24. The van der Waals surface area contributed by atoms with Crippen LogP contribution in [0.15, 0.2) is 18.2 Å². The smallest absolute Gasteiger partial charge is 0.323 e. The van der Waals surface area contributed by atoms with Gasteiger partial charge >= 0.3 is 5.97 Å². The molecule has 0 unspecified atom stereocenters. The molecule has 4 nitrogen and oxygen atoms in total. The Hall–Kier alpha value is -1.84. The number of carbonyl (C=O) groups excluding carboxylic acids is 1. The largest absolute Gasteiger partial charge is 0.480 e. The van der Waals surface area contributed by atoms with Gasteiger partial charge in [0, 0.05) is 11.6 Å². The summed E-state index contributed by atoms with van der Waals surface area (Å²) in [7, 11) is 0. The highest BCUT2D eigenvalue weighted by Crippen LogP contribution is 2.23. The third kappa shape index (κ3) is 3.18. The van der Waals surface area contributed by atoms with Crippen LogP contribution in [0.1, 0.15) is 48.2 Å². The van der Waals surface area contributed by atoms with E-state index in [9.17, 15) is 9.59 Å². The number of amides is 1. The van der Waals surface area contributed by atoms with Crippen molar-refractivity contribution < 1.29 is 14.7 Å². The van der Waals surface area contributed by atoms with Crippen LogP contribution in [-0.2, 0) is 17.6 Å². The predicted octanol–water partition coefficient (Wildman–Crippen LogP) is 2.50. The van der Waals surface area contributed by atoms with Gasteiger partial charge in [-0.05, 0) is 62.8 Å². The standard InChI is InChI=1S/C16H21NO3/c1-11(2)17(10-15(18)19)16(20)14-8-7-12-5-3-4-6-13(12)9-14/h7-9,11H,3-6,10H2,1-2H3,(H,18,19). The van der Waals surface area contributed by atoms with Crippen LogP contribution < -0.4 is 0 Å². The van der Waals surface area contributed by atoms with Crippen molar-refractivity contribution in [3.05, 3.63) is 34.9 Å². The van der Waals surface area contributed by atoms with Gasteiger partial charge in [-0.1, -0.05) is 6.07 Å². The minimum Gasteiger partial charge on any atom is -0.480 e. The molecule has 1 aromatic carbocycles. The maximum absolute atomic E-state index is 12.5. The molecule has 108 valence electrons. The lowest BCUT2D eigenvalue weighted by atomic mass is 9.90. The number of carbonyl (C=O) groups is 2. The fraction of sp³-hybridized carbons (Fsp3) is 0.500. The third-order valence-electron chi connectivity index (χ3n) is 3.79. The van der Waals surface area contributed by atoms with Gasteiger partial charge in [0.05, 0.1) is 0 Å². The average Bonchev–Trinajstić information content (AvgIpc) is 2.43. The number of aliphatic carboxylic acids is 1. The molecule has 1 aliphatic carbocycles. The summed E-state index contributed by atoms with van der Waals surface area (Å²) in [6.45, 7) is 3.41. The van der Waals surface area contributed by atoms with Gasteiger partial charge in [0.15, 0.2) is 0 Å². The van der Waals surface area contributed by atoms with Crippen LogP contribution in [0.25, 0.3) is 0 Å². The second-order valence-electron chi connectivity index (χ2n) is 5.61. The molecular weight excluding hydrogens is 254 g/mol. The van der Waals surface area contributed by atoms with E-state index in [1.54, 1.807) is 0 Å². The first-order chi connectivity index (χ1) is 9.49. The summed E-state index contributed by atoms with van der Waals surface area (Å²) < 4.78 is 0. The highest BCUT2D eigenvalue weighted by molar-refractivity contribution is 5.96. The summed E-state index contributed by atoms with van der Waals surface area (Å²) in [5.74, 6) is -1.18. The number of fused-ring (bicyclic) bond motifs is 1. The average molecular weight is 275 g/mol. The Kier molecular flexibility index (Phi) is 4.42. The molecule has 0 fully saturated rings. The molecule has 20 heavy (non-hydrogen) atoms. The van der Waals surface area contributed by atoms with E-state index in [4.69, 9.17) is 5.11 Å². The van der Waals surface area contributed by atoms with Crippen molar-refractivity contribution in [1.82, 2.24) is 4.90 Å². The van der Waals surface area contributed by atoms with Crippen molar-refractivity contribution in [3.63, 3.8) is 0 Å². The summed E-state index contributed by atoms with van der Waals surface area (Å²) in [4.78, 5) is 24.8. The molecule has 1 aliphatic rings. The maximum atomic E-state index is 12.5. The monoisotopic (exact) mass is 275 g/mol. The van der Waals surface area contributed by atoms with E-state index in [2.05, 4.69) is 0 Å². The summed E-state index contributed by atoms with van der Waals surface area (Å²) in [6.07, 6.45) is 4.45. The fourth-order valence-electron chi connectivity index (χ4n) is 2.67. The zero-order valence-electron chi connectivity index (χ0n) is 12.1. The highest BCUT2D eigenvalue weighted by Gasteiger charge is 2.22. The van der Waals surface area contributed by atoms with E-state index in [-0.39, 0.29) is 18.5 Å². The molecule has 0 bridgehead atoms. The van der Waals surface area contributed by atoms with E-state index in [0.29, 0.717) is 5.56 Å². The van der Waals surface area contributed by atoms with Crippen molar-refractivity contribution in [2.75, 3.05) is 6.54 Å². The molecule has 0 heterocycles. The summed E-state index contributed by atoms with van der Waals surface area (Å²) in [6, 6.07) is 5.65. The van der Waals surface area contributed by atoms with Crippen molar-refractivity contribution in [1.29, 1.82) is 0 Å². The maximum Gasteiger partial charge on any atom is 0.323 e. The second kappa shape index (κ2) is 6.07. The lowest BCUT2D eigenvalue weighted by molar-refractivity contribution is -0.138. The fourth-order valence-corrected chi connectivity index (χ4v) is 2.67. The van der Waals surface area contributed by atoms with Crippen LogP contribution in [0.5, 0.6) is 0 Å². The number of rotatable bonds is 4. The van der Waals surface area contributed by atoms with Gasteiger partial charge in [0.1, 0.15) is 6.54 Å². The van der Waals surface area contributed by atoms with Crippen molar-refractivity contribution in [2.24, 2.45) is 0 Å². The van der Waals surface area contributed by atoms with Gasteiger partial charge in [0.2, 0.25) is 0 Å². The molecular formula is C16H21NO3. The number of nitrogens with zero attached hydrogens (tertiary/aromatic N) is 1. The number of carboxylic acid groups (broad SMARTS) is 1. The first-order valence-electron chi connectivity index (χ1n) is 7.13. The second-order valence-corrected chi connectivity index (χ2v) is 5.61. The molecule has 1 aromatic rings. The third-order valence-corrected chi connectivity index (χ3v) is 3.79. The van der Waals surface area contributed by atoms with Gasteiger partial charge in [-0.15, -0.1) is 0 Å². The molecule has 0 aliphatic heterocycles. The highest BCUT2D eigenvalue weighted by atomic mass is 16.4. The quantitative estimate of drug-likeness (QED) is 0.918. The van der Waals surface area contributed by atoms with Crippen LogP contribution in [0.2, 0.25) is 0 Å². The molecule has 1 amide bonds. The summed E-state index contributed by atoms with van der Waals surface area (Å²) in [5.41, 5.74) is 3.16. The summed E-state index contributed by atoms with van der Waals surface area (Å²) >= 11 is 0. The van der Waals surface area contributed by atoms with Gasteiger partial charge in [0.25, 0.3) is 5.91 Å². The van der Waals surface area contributed by atoms with Crippen molar-refractivity contribution in [3.8, 4) is 0 Å². The molecule has 0 aromatic heterocycles. The minimum atomic E-state index is -0.981. The van der Waals surface area contributed by atoms with E-state index < -0.39 is 5.97 Å². The lowest BCUT2D eigenvalue weighted by Crippen LogP contribution is -2.40. The van der Waals surface area contributed by atoms with Crippen molar-refractivity contribution in [2.45, 2.75) is 45.6 Å². The van der Waals surface area contributed by atoms with Crippen LogP contribution in [-0.4, -0.2) is 34.5 Å². The first kappa shape index (κ1) is 14.6. The molecule has 0 radical (unpaired) electrons.